The SMILES string of the molecule is CC(C)c1cccc(C2C#SC2)c1. The van der Waals surface area contributed by atoms with Crippen molar-refractivity contribution in [1.82, 2.24) is 0 Å². The average molecular weight is 190 g/mol. The maximum absolute atomic E-state index is 3.34. The molecule has 13 heavy (non-hydrogen) atoms. The van der Waals surface area contributed by atoms with Crippen LogP contribution in [0, 0.1) is 5.18 Å². The largest absolute Gasteiger partial charge is 0.132 e. The van der Waals surface area contributed by atoms with E-state index in [2.05, 4.69) is 43.3 Å². The molecule has 1 heteroatoms. The highest BCUT2D eigenvalue weighted by Gasteiger charge is 2.13. The second kappa shape index (κ2) is 3.53. The summed E-state index contributed by atoms with van der Waals surface area (Å²) in [5.41, 5.74) is 2.88. The monoisotopic (exact) mass is 190 g/mol. The molecule has 0 aromatic heterocycles. The van der Waals surface area contributed by atoms with E-state index in [4.69, 9.17) is 0 Å². The van der Waals surface area contributed by atoms with Gasteiger partial charge in [-0.3, -0.25) is 0 Å². The Morgan fingerprint density at radius 2 is 2.23 bits per heavy atom. The van der Waals surface area contributed by atoms with Gasteiger partial charge in [-0.2, -0.15) is 0 Å². The van der Waals surface area contributed by atoms with Gasteiger partial charge in [0.2, 0.25) is 0 Å². The highest BCUT2D eigenvalue weighted by molar-refractivity contribution is 7.89. The van der Waals surface area contributed by atoms with Gasteiger partial charge >= 0.3 is 0 Å². The topological polar surface area (TPSA) is 0 Å². The number of hydrogen-bond acceptors (Lipinski definition) is 0. The van der Waals surface area contributed by atoms with Crippen LogP contribution >= 0.6 is 11.2 Å². The Bertz CT molecular complexity index is 368. The van der Waals surface area contributed by atoms with Gasteiger partial charge in [-0.05, 0) is 17.0 Å². The van der Waals surface area contributed by atoms with Crippen molar-refractivity contribution >= 4 is 11.2 Å². The Morgan fingerprint density at radius 3 is 2.77 bits per heavy atom. The molecule has 0 N–H and O–H groups in total. The minimum absolute atomic E-state index is 0.587. The Labute approximate surface area is 83.6 Å². The third-order valence-corrected chi connectivity index (χ3v) is 3.41. The summed E-state index contributed by atoms with van der Waals surface area (Å²) in [6.07, 6.45) is 0. The van der Waals surface area contributed by atoms with Gasteiger partial charge in [0.1, 0.15) is 0 Å². The molecular formula is C12H14S. The van der Waals surface area contributed by atoms with Crippen LogP contribution in [0.2, 0.25) is 0 Å². The standard InChI is InChI=1S/C12H14S/c1-9(2)10-4-3-5-11(6-10)12-7-13-8-12/h3-6,9,12H,7H2,1-2H3. The van der Waals surface area contributed by atoms with Gasteiger partial charge in [0.15, 0.2) is 0 Å². The molecule has 1 aromatic rings. The Balaban J connectivity index is 2.28. The normalized spacial score (nSPS) is 19.8. The summed E-state index contributed by atoms with van der Waals surface area (Å²) >= 11 is 1.80. The lowest BCUT2D eigenvalue weighted by Gasteiger charge is -2.15. The van der Waals surface area contributed by atoms with Crippen LogP contribution in [0.25, 0.3) is 0 Å². The van der Waals surface area contributed by atoms with Crippen LogP contribution in [0.1, 0.15) is 36.8 Å². The highest BCUT2D eigenvalue weighted by atomic mass is 32.1. The van der Waals surface area contributed by atoms with E-state index in [-0.39, 0.29) is 0 Å². The molecule has 68 valence electrons. The molecule has 0 saturated carbocycles. The smallest absolute Gasteiger partial charge is 0.0602 e. The summed E-state index contributed by atoms with van der Waals surface area (Å²) in [7, 11) is 0. The van der Waals surface area contributed by atoms with Crippen molar-refractivity contribution in [2.24, 2.45) is 0 Å². The fraction of sp³-hybridized carbons (Fsp3) is 0.417. The Hall–Kier alpha value is -0.780. The maximum atomic E-state index is 3.34. The van der Waals surface area contributed by atoms with Gasteiger partial charge in [-0.15, -0.1) is 11.2 Å². The predicted octanol–water partition coefficient (Wildman–Crippen LogP) is 3.60. The van der Waals surface area contributed by atoms with Crippen LogP contribution in [0.3, 0.4) is 0 Å². The average Bonchev–Trinajstić information content (AvgIpc) is 2.01. The molecule has 1 aliphatic heterocycles. The molecule has 0 fully saturated rings. The van der Waals surface area contributed by atoms with Crippen molar-refractivity contribution in [3.63, 3.8) is 0 Å². The summed E-state index contributed by atoms with van der Waals surface area (Å²) in [5.74, 6) is 2.43. The predicted molar refractivity (Wildman–Crippen MR) is 59.6 cm³/mol. The second-order valence-electron chi connectivity index (χ2n) is 3.81. The molecule has 1 unspecified atom stereocenters. The first-order valence-corrected chi connectivity index (χ1v) is 5.73. The van der Waals surface area contributed by atoms with Gasteiger partial charge in [0, 0.05) is 5.75 Å². The minimum Gasteiger partial charge on any atom is -0.132 e. The zero-order valence-corrected chi connectivity index (χ0v) is 8.90. The van der Waals surface area contributed by atoms with E-state index in [1.807, 2.05) is 0 Å². The Kier molecular flexibility index (Phi) is 2.39. The third-order valence-electron chi connectivity index (χ3n) is 2.46. The zero-order chi connectivity index (χ0) is 9.26. The summed E-state index contributed by atoms with van der Waals surface area (Å²) in [6, 6.07) is 8.90. The van der Waals surface area contributed by atoms with E-state index in [0.29, 0.717) is 11.8 Å². The van der Waals surface area contributed by atoms with Crippen molar-refractivity contribution in [2.75, 3.05) is 5.75 Å². The lowest BCUT2D eigenvalue weighted by Crippen LogP contribution is -2.03. The summed E-state index contributed by atoms with van der Waals surface area (Å²) in [4.78, 5) is 0. The lowest BCUT2D eigenvalue weighted by molar-refractivity contribution is 0.859. The molecule has 0 bridgehead atoms. The maximum Gasteiger partial charge on any atom is 0.0602 e. The molecular weight excluding hydrogens is 176 g/mol. The van der Waals surface area contributed by atoms with Crippen molar-refractivity contribution in [1.29, 1.82) is 0 Å². The molecule has 1 aliphatic rings. The van der Waals surface area contributed by atoms with Crippen molar-refractivity contribution in [3.05, 3.63) is 35.4 Å². The van der Waals surface area contributed by atoms with Crippen LogP contribution in [0.5, 0.6) is 0 Å². The molecule has 0 saturated heterocycles. The molecule has 0 radical (unpaired) electrons. The molecule has 0 nitrogen and oxygen atoms in total. The van der Waals surface area contributed by atoms with Crippen molar-refractivity contribution in [2.45, 2.75) is 25.7 Å². The first-order valence-electron chi connectivity index (χ1n) is 4.74. The third kappa shape index (κ3) is 1.77. The second-order valence-corrected chi connectivity index (χ2v) is 4.66. The van der Waals surface area contributed by atoms with Crippen LogP contribution in [-0.2, 0) is 0 Å². The molecule has 0 spiro atoms. The number of hydrogen-bond donors (Lipinski definition) is 0. The van der Waals surface area contributed by atoms with Crippen LogP contribution < -0.4 is 0 Å². The van der Waals surface area contributed by atoms with Crippen LogP contribution in [0.15, 0.2) is 24.3 Å². The fourth-order valence-corrected chi connectivity index (χ4v) is 2.13. The van der Waals surface area contributed by atoms with Gasteiger partial charge in [0.25, 0.3) is 0 Å². The lowest BCUT2D eigenvalue weighted by atomic mass is 9.96. The van der Waals surface area contributed by atoms with Crippen molar-refractivity contribution in [3.8, 4) is 5.18 Å². The number of benzene rings is 1. The first-order chi connectivity index (χ1) is 6.27. The van der Waals surface area contributed by atoms with Crippen LogP contribution in [-0.4, -0.2) is 5.75 Å². The van der Waals surface area contributed by atoms with E-state index in [1.54, 1.807) is 11.2 Å². The Morgan fingerprint density at radius 1 is 1.46 bits per heavy atom. The molecule has 1 aromatic carbocycles. The molecule has 1 heterocycles. The highest BCUT2D eigenvalue weighted by Crippen LogP contribution is 2.26. The van der Waals surface area contributed by atoms with E-state index in [9.17, 15) is 0 Å². The number of rotatable bonds is 2. The first kappa shape index (κ1) is 8.80. The quantitative estimate of drug-likeness (QED) is 0.668. The minimum atomic E-state index is 0.587. The fourth-order valence-electron chi connectivity index (χ4n) is 1.47. The summed E-state index contributed by atoms with van der Waals surface area (Å²) < 4.78 is 0. The van der Waals surface area contributed by atoms with Gasteiger partial charge in [-0.25, -0.2) is 0 Å². The molecule has 1 atom stereocenters. The zero-order valence-electron chi connectivity index (χ0n) is 8.08. The molecule has 0 amide bonds. The molecule has 0 aliphatic carbocycles. The van der Waals surface area contributed by atoms with E-state index >= 15 is 0 Å². The van der Waals surface area contributed by atoms with Gasteiger partial charge < -0.3 is 0 Å². The van der Waals surface area contributed by atoms with Gasteiger partial charge in [-0.1, -0.05) is 43.3 Å². The molecule has 2 rings (SSSR count). The summed E-state index contributed by atoms with van der Waals surface area (Å²) in [5, 5.41) is 3.34. The van der Waals surface area contributed by atoms with Crippen LogP contribution in [0.4, 0.5) is 0 Å². The van der Waals surface area contributed by atoms with E-state index < -0.39 is 0 Å². The van der Waals surface area contributed by atoms with Gasteiger partial charge in [0.05, 0.1) is 5.92 Å². The van der Waals surface area contributed by atoms with E-state index in [0.717, 1.165) is 0 Å². The van der Waals surface area contributed by atoms with Crippen molar-refractivity contribution < 1.29 is 0 Å². The summed E-state index contributed by atoms with van der Waals surface area (Å²) in [6.45, 7) is 4.48. The van der Waals surface area contributed by atoms with E-state index in [1.165, 1.54) is 16.9 Å².